The van der Waals surface area contributed by atoms with Crippen LogP contribution in [0.2, 0.25) is 0 Å². The SMILES string of the molecule is CN(C)C(=O)c1ccc(NC(=O)CN2CCN(C(=O)c3ccc(F)cc3)CC2)cc1. The Kier molecular flexibility index (Phi) is 6.79. The Hall–Kier alpha value is -3.26. The van der Waals surface area contributed by atoms with E-state index in [2.05, 4.69) is 5.32 Å². The van der Waals surface area contributed by atoms with Crippen LogP contribution < -0.4 is 5.32 Å². The summed E-state index contributed by atoms with van der Waals surface area (Å²) in [6.07, 6.45) is 0. The van der Waals surface area contributed by atoms with Crippen LogP contribution in [0.1, 0.15) is 20.7 Å². The number of piperazine rings is 1. The molecule has 0 aromatic heterocycles. The Morgan fingerprint density at radius 3 is 2.03 bits per heavy atom. The van der Waals surface area contributed by atoms with Gasteiger partial charge in [-0.2, -0.15) is 0 Å². The average Bonchev–Trinajstić information content (AvgIpc) is 2.74. The van der Waals surface area contributed by atoms with E-state index in [0.29, 0.717) is 43.0 Å². The fourth-order valence-electron chi connectivity index (χ4n) is 3.24. The summed E-state index contributed by atoms with van der Waals surface area (Å²) < 4.78 is 13.0. The average molecular weight is 412 g/mol. The van der Waals surface area contributed by atoms with Gasteiger partial charge in [0.25, 0.3) is 11.8 Å². The molecule has 3 amide bonds. The molecule has 8 heteroatoms. The van der Waals surface area contributed by atoms with Crippen molar-refractivity contribution < 1.29 is 18.8 Å². The van der Waals surface area contributed by atoms with Gasteiger partial charge in [-0.15, -0.1) is 0 Å². The monoisotopic (exact) mass is 412 g/mol. The van der Waals surface area contributed by atoms with Crippen LogP contribution in [0.25, 0.3) is 0 Å². The van der Waals surface area contributed by atoms with E-state index in [-0.39, 0.29) is 30.1 Å². The van der Waals surface area contributed by atoms with Crippen LogP contribution in [0.5, 0.6) is 0 Å². The summed E-state index contributed by atoms with van der Waals surface area (Å²) in [5.41, 5.74) is 1.64. The second-order valence-corrected chi connectivity index (χ2v) is 7.40. The molecule has 0 unspecified atom stereocenters. The lowest BCUT2D eigenvalue weighted by Crippen LogP contribution is -2.50. The quantitative estimate of drug-likeness (QED) is 0.815. The van der Waals surface area contributed by atoms with Gasteiger partial charge in [0.15, 0.2) is 0 Å². The van der Waals surface area contributed by atoms with Crippen LogP contribution in [0.3, 0.4) is 0 Å². The van der Waals surface area contributed by atoms with Gasteiger partial charge in [-0.3, -0.25) is 19.3 Å². The Morgan fingerprint density at radius 2 is 1.47 bits per heavy atom. The Morgan fingerprint density at radius 1 is 0.900 bits per heavy atom. The van der Waals surface area contributed by atoms with Gasteiger partial charge in [0, 0.05) is 57.1 Å². The number of carbonyl (C=O) groups is 3. The maximum atomic E-state index is 13.0. The molecule has 7 nitrogen and oxygen atoms in total. The molecule has 2 aromatic rings. The first kappa shape index (κ1) is 21.4. The molecule has 158 valence electrons. The number of anilines is 1. The molecule has 0 atom stereocenters. The Balaban J connectivity index is 1.46. The molecule has 1 aliphatic heterocycles. The highest BCUT2D eigenvalue weighted by atomic mass is 19.1. The third kappa shape index (κ3) is 5.42. The molecule has 1 N–H and O–H groups in total. The minimum absolute atomic E-state index is 0.0964. The van der Waals surface area contributed by atoms with Crippen molar-refractivity contribution in [3.05, 3.63) is 65.5 Å². The number of amides is 3. The van der Waals surface area contributed by atoms with E-state index in [1.165, 1.54) is 29.2 Å². The molecule has 0 bridgehead atoms. The first-order chi connectivity index (χ1) is 14.3. The predicted molar refractivity (Wildman–Crippen MR) is 112 cm³/mol. The van der Waals surface area contributed by atoms with Gasteiger partial charge in [0.05, 0.1) is 6.54 Å². The zero-order valence-corrected chi connectivity index (χ0v) is 17.1. The summed E-state index contributed by atoms with van der Waals surface area (Å²) in [6.45, 7) is 2.39. The number of nitrogens with one attached hydrogen (secondary N) is 1. The van der Waals surface area contributed by atoms with Crippen molar-refractivity contribution in [1.82, 2.24) is 14.7 Å². The van der Waals surface area contributed by atoms with E-state index in [1.54, 1.807) is 43.3 Å². The second kappa shape index (κ2) is 9.49. The number of nitrogens with zero attached hydrogens (tertiary/aromatic N) is 3. The smallest absolute Gasteiger partial charge is 0.253 e. The van der Waals surface area contributed by atoms with Gasteiger partial charge in [-0.1, -0.05) is 0 Å². The summed E-state index contributed by atoms with van der Waals surface area (Å²) in [5, 5.41) is 2.83. The molecular weight excluding hydrogens is 387 g/mol. The summed E-state index contributed by atoms with van der Waals surface area (Å²) in [4.78, 5) is 41.9. The highest BCUT2D eigenvalue weighted by Crippen LogP contribution is 2.12. The van der Waals surface area contributed by atoms with Crippen molar-refractivity contribution in [3.8, 4) is 0 Å². The van der Waals surface area contributed by atoms with E-state index >= 15 is 0 Å². The number of benzene rings is 2. The molecule has 3 rings (SSSR count). The zero-order chi connectivity index (χ0) is 21.7. The molecule has 1 fully saturated rings. The van der Waals surface area contributed by atoms with Crippen LogP contribution in [-0.4, -0.2) is 79.2 Å². The minimum atomic E-state index is -0.374. The lowest BCUT2D eigenvalue weighted by atomic mass is 10.1. The van der Waals surface area contributed by atoms with E-state index < -0.39 is 0 Å². The highest BCUT2D eigenvalue weighted by molar-refractivity contribution is 5.96. The van der Waals surface area contributed by atoms with Crippen molar-refractivity contribution in [2.24, 2.45) is 0 Å². The van der Waals surface area contributed by atoms with Crippen molar-refractivity contribution in [2.45, 2.75) is 0 Å². The number of hydrogen-bond donors (Lipinski definition) is 1. The van der Waals surface area contributed by atoms with Gasteiger partial charge in [-0.25, -0.2) is 4.39 Å². The van der Waals surface area contributed by atoms with E-state index in [4.69, 9.17) is 0 Å². The molecule has 1 heterocycles. The molecule has 2 aromatic carbocycles. The summed E-state index contributed by atoms with van der Waals surface area (Å²) in [6, 6.07) is 12.3. The molecule has 1 aliphatic rings. The topological polar surface area (TPSA) is 73.0 Å². The largest absolute Gasteiger partial charge is 0.345 e. The van der Waals surface area contributed by atoms with E-state index in [0.717, 1.165) is 0 Å². The first-order valence-corrected chi connectivity index (χ1v) is 9.72. The van der Waals surface area contributed by atoms with Crippen molar-refractivity contribution in [1.29, 1.82) is 0 Å². The van der Waals surface area contributed by atoms with Crippen LogP contribution in [0.15, 0.2) is 48.5 Å². The molecule has 0 saturated carbocycles. The van der Waals surface area contributed by atoms with Gasteiger partial charge in [0.1, 0.15) is 5.82 Å². The highest BCUT2D eigenvalue weighted by Gasteiger charge is 2.23. The third-order valence-electron chi connectivity index (χ3n) is 4.94. The molecule has 0 spiro atoms. The fourth-order valence-corrected chi connectivity index (χ4v) is 3.24. The molecule has 30 heavy (non-hydrogen) atoms. The standard InChI is InChI=1S/C22H25FN4O3/c1-25(2)21(29)16-5-9-19(10-6-16)24-20(28)15-26-11-13-27(14-12-26)22(30)17-3-7-18(23)8-4-17/h3-10H,11-15H2,1-2H3,(H,24,28). The predicted octanol–water partition coefficient (Wildman–Crippen LogP) is 1.92. The fraction of sp³-hybridized carbons (Fsp3) is 0.318. The first-order valence-electron chi connectivity index (χ1n) is 9.72. The van der Waals surface area contributed by atoms with Crippen molar-refractivity contribution in [2.75, 3.05) is 52.1 Å². The molecule has 0 radical (unpaired) electrons. The van der Waals surface area contributed by atoms with Gasteiger partial charge in [-0.05, 0) is 48.5 Å². The van der Waals surface area contributed by atoms with Crippen molar-refractivity contribution in [3.63, 3.8) is 0 Å². The lowest BCUT2D eigenvalue weighted by molar-refractivity contribution is -0.117. The number of carbonyl (C=O) groups excluding carboxylic acids is 3. The zero-order valence-electron chi connectivity index (χ0n) is 17.1. The molecular formula is C22H25FN4O3. The van der Waals surface area contributed by atoms with Crippen molar-refractivity contribution >= 4 is 23.4 Å². The number of halogens is 1. The Bertz CT molecular complexity index is 905. The van der Waals surface area contributed by atoms with Gasteiger partial charge in [0.2, 0.25) is 5.91 Å². The lowest BCUT2D eigenvalue weighted by Gasteiger charge is -2.34. The van der Waals surface area contributed by atoms with E-state index in [9.17, 15) is 18.8 Å². The Labute approximate surface area is 175 Å². The number of hydrogen-bond acceptors (Lipinski definition) is 4. The van der Waals surface area contributed by atoms with Crippen LogP contribution in [-0.2, 0) is 4.79 Å². The van der Waals surface area contributed by atoms with E-state index in [1.807, 2.05) is 4.90 Å². The van der Waals surface area contributed by atoms with Gasteiger partial charge < -0.3 is 15.1 Å². The van der Waals surface area contributed by atoms with Crippen LogP contribution >= 0.6 is 0 Å². The van der Waals surface area contributed by atoms with Crippen LogP contribution in [0, 0.1) is 5.82 Å². The summed E-state index contributed by atoms with van der Waals surface area (Å²) in [7, 11) is 3.37. The molecule has 0 aliphatic carbocycles. The summed E-state index contributed by atoms with van der Waals surface area (Å²) in [5.74, 6) is -0.756. The normalized spacial score (nSPS) is 14.3. The van der Waals surface area contributed by atoms with Crippen LogP contribution in [0.4, 0.5) is 10.1 Å². The summed E-state index contributed by atoms with van der Waals surface area (Å²) >= 11 is 0. The maximum Gasteiger partial charge on any atom is 0.253 e. The maximum absolute atomic E-state index is 13.0. The molecule has 1 saturated heterocycles. The second-order valence-electron chi connectivity index (χ2n) is 7.40. The minimum Gasteiger partial charge on any atom is -0.345 e. The van der Waals surface area contributed by atoms with Gasteiger partial charge >= 0.3 is 0 Å². The number of rotatable bonds is 5. The third-order valence-corrected chi connectivity index (χ3v) is 4.94.